The molecule has 3 N–H and O–H groups in total. The SMILES string of the molecule is C1CCNCC1.O=c1[nH]c(/C=C/c2ccccc2)c([N+](=O)[O-])c(=O)[nH]1. The topological polar surface area (TPSA) is 121 Å². The van der Waals surface area contributed by atoms with Crippen molar-refractivity contribution in [2.75, 3.05) is 13.1 Å². The van der Waals surface area contributed by atoms with Crippen LogP contribution in [0.15, 0.2) is 39.9 Å². The van der Waals surface area contributed by atoms with Crippen LogP contribution in [0.1, 0.15) is 30.5 Å². The number of nitrogens with one attached hydrogen (secondary N) is 3. The van der Waals surface area contributed by atoms with Crippen LogP contribution in [0.5, 0.6) is 0 Å². The van der Waals surface area contributed by atoms with Crippen molar-refractivity contribution in [2.45, 2.75) is 19.3 Å². The molecule has 1 aliphatic rings. The molecule has 0 unspecified atom stereocenters. The first-order chi connectivity index (χ1) is 12.1. The van der Waals surface area contributed by atoms with Gasteiger partial charge in [0.2, 0.25) is 0 Å². The van der Waals surface area contributed by atoms with E-state index in [-0.39, 0.29) is 5.69 Å². The van der Waals surface area contributed by atoms with Crippen molar-refractivity contribution in [2.24, 2.45) is 0 Å². The van der Waals surface area contributed by atoms with E-state index in [9.17, 15) is 19.7 Å². The van der Waals surface area contributed by atoms with Gasteiger partial charge in [0, 0.05) is 0 Å². The van der Waals surface area contributed by atoms with Gasteiger partial charge in [0.05, 0.1) is 4.92 Å². The van der Waals surface area contributed by atoms with Crippen molar-refractivity contribution < 1.29 is 4.92 Å². The van der Waals surface area contributed by atoms with Crippen molar-refractivity contribution >= 4 is 17.8 Å². The van der Waals surface area contributed by atoms with Gasteiger partial charge < -0.3 is 10.3 Å². The standard InChI is InChI=1S/C12H9N3O4.C5H11N/c16-11-10(15(18)19)9(13-12(17)14-11)7-6-8-4-2-1-3-5-8;1-2-4-6-5-3-1/h1-7H,(H2,13,14,16,17);6H,1-5H2/b7-6+;. The second kappa shape index (κ2) is 9.33. The number of H-pyrrole nitrogens is 2. The summed E-state index contributed by atoms with van der Waals surface area (Å²) in [6.45, 7) is 2.50. The van der Waals surface area contributed by atoms with Crippen LogP contribution >= 0.6 is 0 Å². The van der Waals surface area contributed by atoms with Crippen LogP contribution in [0.3, 0.4) is 0 Å². The molecule has 0 spiro atoms. The van der Waals surface area contributed by atoms with Gasteiger partial charge in [-0.05, 0) is 37.6 Å². The minimum atomic E-state index is -1.03. The molecule has 25 heavy (non-hydrogen) atoms. The lowest BCUT2D eigenvalue weighted by molar-refractivity contribution is -0.386. The lowest BCUT2D eigenvalue weighted by Crippen LogP contribution is -2.25. The molecule has 0 saturated carbocycles. The van der Waals surface area contributed by atoms with Gasteiger partial charge in [-0.1, -0.05) is 42.8 Å². The Kier molecular flexibility index (Phi) is 6.85. The summed E-state index contributed by atoms with van der Waals surface area (Å²) in [5, 5.41) is 14.1. The lowest BCUT2D eigenvalue weighted by Gasteiger charge is -2.08. The number of hydrogen-bond acceptors (Lipinski definition) is 5. The Morgan fingerprint density at radius 2 is 1.64 bits per heavy atom. The minimum Gasteiger partial charge on any atom is -0.317 e. The van der Waals surface area contributed by atoms with E-state index >= 15 is 0 Å². The molecule has 1 aromatic carbocycles. The van der Waals surface area contributed by atoms with Crippen LogP contribution in [0, 0.1) is 10.1 Å². The third kappa shape index (κ3) is 5.85. The predicted octanol–water partition coefficient (Wildman–Crippen LogP) is 1.90. The molecule has 2 aromatic rings. The van der Waals surface area contributed by atoms with Crippen molar-refractivity contribution in [1.82, 2.24) is 15.3 Å². The van der Waals surface area contributed by atoms with Gasteiger partial charge in [-0.2, -0.15) is 0 Å². The second-order valence-electron chi connectivity index (χ2n) is 5.48. The number of nitro groups is 1. The van der Waals surface area contributed by atoms with Crippen molar-refractivity contribution in [3.05, 3.63) is 72.5 Å². The zero-order valence-corrected chi connectivity index (χ0v) is 13.7. The van der Waals surface area contributed by atoms with E-state index in [1.54, 1.807) is 30.3 Å². The van der Waals surface area contributed by atoms with E-state index in [4.69, 9.17) is 0 Å². The quantitative estimate of drug-likeness (QED) is 0.580. The van der Waals surface area contributed by atoms with Gasteiger partial charge in [-0.3, -0.25) is 19.9 Å². The summed E-state index contributed by atoms with van der Waals surface area (Å²) in [6.07, 6.45) is 7.11. The molecular weight excluding hydrogens is 324 g/mol. The summed E-state index contributed by atoms with van der Waals surface area (Å²) < 4.78 is 0. The summed E-state index contributed by atoms with van der Waals surface area (Å²) in [5.41, 5.74) is -1.85. The molecule has 3 rings (SSSR count). The Hall–Kier alpha value is -3.00. The van der Waals surface area contributed by atoms with Crippen LogP contribution in [0.2, 0.25) is 0 Å². The first-order valence-electron chi connectivity index (χ1n) is 8.03. The Morgan fingerprint density at radius 1 is 0.960 bits per heavy atom. The van der Waals surface area contributed by atoms with Crippen molar-refractivity contribution in [3.8, 4) is 0 Å². The van der Waals surface area contributed by atoms with Crippen LogP contribution < -0.4 is 16.6 Å². The maximum atomic E-state index is 11.4. The molecule has 0 aliphatic carbocycles. The van der Waals surface area contributed by atoms with Gasteiger partial charge >= 0.3 is 16.9 Å². The van der Waals surface area contributed by atoms with E-state index in [1.165, 1.54) is 38.4 Å². The predicted molar refractivity (Wildman–Crippen MR) is 96.4 cm³/mol. The van der Waals surface area contributed by atoms with Crippen LogP contribution in [-0.2, 0) is 0 Å². The summed E-state index contributed by atoms with van der Waals surface area (Å²) in [6, 6.07) is 9.00. The molecule has 8 heteroatoms. The number of rotatable bonds is 3. The van der Waals surface area contributed by atoms with Gasteiger partial charge in [0.1, 0.15) is 5.69 Å². The highest BCUT2D eigenvalue weighted by Crippen LogP contribution is 2.12. The van der Waals surface area contributed by atoms with Gasteiger partial charge in [0.15, 0.2) is 0 Å². The number of hydrogen-bond donors (Lipinski definition) is 3. The molecule has 8 nitrogen and oxygen atoms in total. The normalized spacial score (nSPS) is 13.9. The smallest absolute Gasteiger partial charge is 0.317 e. The number of nitrogens with zero attached hydrogens (tertiary/aromatic N) is 1. The highest BCUT2D eigenvalue weighted by Gasteiger charge is 2.18. The minimum absolute atomic E-state index is 0.136. The van der Waals surface area contributed by atoms with E-state index in [2.05, 4.69) is 10.3 Å². The highest BCUT2D eigenvalue weighted by molar-refractivity contribution is 5.71. The Balaban J connectivity index is 0.000000316. The van der Waals surface area contributed by atoms with Crippen LogP contribution in [-0.4, -0.2) is 28.0 Å². The van der Waals surface area contributed by atoms with Crippen LogP contribution in [0.25, 0.3) is 12.2 Å². The first-order valence-corrected chi connectivity index (χ1v) is 8.03. The third-order valence-electron chi connectivity index (χ3n) is 3.58. The van der Waals surface area contributed by atoms with E-state index < -0.39 is 21.9 Å². The molecule has 1 aromatic heterocycles. The average Bonchev–Trinajstić information content (AvgIpc) is 2.62. The zero-order chi connectivity index (χ0) is 18.1. The maximum absolute atomic E-state index is 11.4. The maximum Gasteiger partial charge on any atom is 0.357 e. The van der Waals surface area contributed by atoms with Crippen molar-refractivity contribution in [3.63, 3.8) is 0 Å². The highest BCUT2D eigenvalue weighted by atomic mass is 16.6. The lowest BCUT2D eigenvalue weighted by atomic mass is 10.2. The monoisotopic (exact) mass is 344 g/mol. The molecule has 1 aliphatic heterocycles. The molecule has 0 amide bonds. The molecular formula is C17H20N4O4. The molecule has 132 valence electrons. The Labute approximate surface area is 143 Å². The van der Waals surface area contributed by atoms with E-state index in [1.807, 2.05) is 11.1 Å². The number of benzene rings is 1. The number of aromatic amines is 2. The molecule has 0 bridgehead atoms. The summed E-state index contributed by atoms with van der Waals surface area (Å²) in [5.74, 6) is 0. The fraction of sp³-hybridized carbons (Fsp3) is 0.294. The first kappa shape index (κ1) is 18.3. The Morgan fingerprint density at radius 3 is 2.16 bits per heavy atom. The Bertz CT molecular complexity index is 824. The van der Waals surface area contributed by atoms with Gasteiger partial charge in [0.25, 0.3) is 0 Å². The second-order valence-corrected chi connectivity index (χ2v) is 5.48. The molecule has 0 atom stereocenters. The average molecular weight is 344 g/mol. The largest absolute Gasteiger partial charge is 0.357 e. The zero-order valence-electron chi connectivity index (χ0n) is 13.7. The fourth-order valence-corrected chi connectivity index (χ4v) is 2.34. The third-order valence-corrected chi connectivity index (χ3v) is 3.58. The summed E-state index contributed by atoms with van der Waals surface area (Å²) >= 11 is 0. The molecule has 1 fully saturated rings. The van der Waals surface area contributed by atoms with Crippen molar-refractivity contribution in [1.29, 1.82) is 0 Å². The number of aromatic nitrogens is 2. The van der Waals surface area contributed by atoms with Gasteiger partial charge in [-0.25, -0.2) is 4.79 Å². The van der Waals surface area contributed by atoms with Crippen LogP contribution in [0.4, 0.5) is 5.69 Å². The summed E-state index contributed by atoms with van der Waals surface area (Å²) in [7, 11) is 0. The molecule has 0 radical (unpaired) electrons. The molecule has 1 saturated heterocycles. The fourth-order valence-electron chi connectivity index (χ4n) is 2.34. The van der Waals surface area contributed by atoms with E-state index in [0.29, 0.717) is 0 Å². The molecule has 2 heterocycles. The van der Waals surface area contributed by atoms with E-state index in [0.717, 1.165) is 5.56 Å². The number of piperidine rings is 1. The summed E-state index contributed by atoms with van der Waals surface area (Å²) in [4.78, 5) is 36.5. The van der Waals surface area contributed by atoms with Gasteiger partial charge in [-0.15, -0.1) is 0 Å².